The molecule has 3 aromatic rings. The van der Waals surface area contributed by atoms with E-state index in [0.717, 1.165) is 12.1 Å². The second kappa shape index (κ2) is 8.15. The number of aliphatic hydroxyl groups is 1. The predicted molar refractivity (Wildman–Crippen MR) is 116 cm³/mol. The predicted octanol–water partition coefficient (Wildman–Crippen LogP) is 2.80. The average Bonchev–Trinajstić information content (AvgIpc) is 3.14. The largest absolute Gasteiger partial charge is 0.416 e. The van der Waals surface area contributed by atoms with Gasteiger partial charge in [0.15, 0.2) is 5.83 Å². The van der Waals surface area contributed by atoms with Crippen molar-refractivity contribution in [3.63, 3.8) is 0 Å². The van der Waals surface area contributed by atoms with Crippen molar-refractivity contribution >= 4 is 22.8 Å². The molecule has 0 unspecified atom stereocenters. The maximum absolute atomic E-state index is 13.3. The van der Waals surface area contributed by atoms with E-state index in [0.29, 0.717) is 16.6 Å². The van der Waals surface area contributed by atoms with Crippen molar-refractivity contribution in [2.45, 2.75) is 18.3 Å². The monoisotopic (exact) mass is 489 g/mol. The van der Waals surface area contributed by atoms with Crippen LogP contribution in [0.15, 0.2) is 48.9 Å². The summed E-state index contributed by atoms with van der Waals surface area (Å²) in [6.07, 6.45) is -3.69. The number of carbonyl (C=O) groups excluding carboxylic acids is 2. The summed E-state index contributed by atoms with van der Waals surface area (Å²) in [4.78, 5) is 32.1. The average molecular weight is 489 g/mol. The molecule has 182 valence electrons. The lowest BCUT2D eigenvalue weighted by atomic mass is 10.0. The van der Waals surface area contributed by atoms with Gasteiger partial charge in [0.1, 0.15) is 16.7 Å². The molecule has 2 fully saturated rings. The highest BCUT2D eigenvalue weighted by Gasteiger charge is 2.38. The number of aromatic nitrogens is 3. The van der Waals surface area contributed by atoms with Gasteiger partial charge in [-0.1, -0.05) is 18.7 Å². The molecule has 1 aromatic carbocycles. The summed E-state index contributed by atoms with van der Waals surface area (Å²) in [6, 6.07) is 5.53. The molecule has 0 aliphatic carbocycles. The fraction of sp³-hybridized carbons (Fsp3) is 0.304. The van der Waals surface area contributed by atoms with Crippen LogP contribution in [0.4, 0.5) is 17.6 Å². The Labute approximate surface area is 196 Å². The van der Waals surface area contributed by atoms with Crippen molar-refractivity contribution in [1.82, 2.24) is 24.6 Å². The first kappa shape index (κ1) is 23.0. The zero-order valence-electron chi connectivity index (χ0n) is 18.2. The number of halogens is 4. The number of likely N-dealkylation sites (tertiary alicyclic amines) is 2. The Morgan fingerprint density at radius 3 is 2.26 bits per heavy atom. The van der Waals surface area contributed by atoms with Gasteiger partial charge in [0.25, 0.3) is 11.8 Å². The molecule has 0 bridgehead atoms. The number of amides is 2. The molecule has 35 heavy (non-hydrogen) atoms. The molecule has 2 aliphatic rings. The number of hydrogen-bond donors (Lipinski definition) is 1. The topological polar surface area (TPSA) is 91.6 Å². The van der Waals surface area contributed by atoms with Gasteiger partial charge in [-0.25, -0.2) is 4.39 Å². The van der Waals surface area contributed by atoms with Crippen LogP contribution < -0.4 is 0 Å². The molecular formula is C23H19F4N5O3. The molecule has 0 atom stereocenters. The molecule has 8 nitrogen and oxygen atoms in total. The van der Waals surface area contributed by atoms with Crippen molar-refractivity contribution in [3.05, 3.63) is 60.1 Å². The molecule has 12 heteroatoms. The van der Waals surface area contributed by atoms with Crippen LogP contribution in [0.2, 0.25) is 0 Å². The Hall–Kier alpha value is -3.80. The van der Waals surface area contributed by atoms with E-state index in [-0.39, 0.29) is 43.3 Å². The lowest BCUT2D eigenvalue weighted by molar-refractivity contribution is -0.137. The number of fused-ring (bicyclic) bond motifs is 1. The molecule has 2 amide bonds. The Morgan fingerprint density at radius 2 is 1.69 bits per heavy atom. The summed E-state index contributed by atoms with van der Waals surface area (Å²) in [5.74, 6) is -2.29. The first-order valence-corrected chi connectivity index (χ1v) is 10.7. The highest BCUT2D eigenvalue weighted by Crippen LogP contribution is 2.36. The Balaban J connectivity index is 1.59. The third-order valence-corrected chi connectivity index (χ3v) is 6.18. The highest BCUT2D eigenvalue weighted by molar-refractivity contribution is 6.07. The van der Waals surface area contributed by atoms with Gasteiger partial charge in [0.2, 0.25) is 0 Å². The van der Waals surface area contributed by atoms with Gasteiger partial charge in [-0.15, -0.1) is 0 Å². The van der Waals surface area contributed by atoms with Crippen LogP contribution in [0.5, 0.6) is 0 Å². The Kier molecular flexibility index (Phi) is 5.35. The normalized spacial score (nSPS) is 16.8. The lowest BCUT2D eigenvalue weighted by Gasteiger charge is -2.39. The minimum Gasteiger partial charge on any atom is -0.389 e. The van der Waals surface area contributed by atoms with E-state index in [1.54, 1.807) is 0 Å². The zero-order valence-corrected chi connectivity index (χ0v) is 18.2. The van der Waals surface area contributed by atoms with Crippen LogP contribution >= 0.6 is 0 Å². The molecule has 2 aliphatic heterocycles. The van der Waals surface area contributed by atoms with Gasteiger partial charge >= 0.3 is 6.18 Å². The first-order chi connectivity index (χ1) is 16.5. The zero-order chi connectivity index (χ0) is 25.1. The van der Waals surface area contributed by atoms with Crippen molar-refractivity contribution < 1.29 is 32.3 Å². The van der Waals surface area contributed by atoms with E-state index in [1.165, 1.54) is 38.9 Å². The summed E-state index contributed by atoms with van der Waals surface area (Å²) in [7, 11) is 0. The highest BCUT2D eigenvalue weighted by atomic mass is 19.4. The quantitative estimate of drug-likeness (QED) is 0.450. The maximum Gasteiger partial charge on any atom is 0.416 e. The van der Waals surface area contributed by atoms with E-state index < -0.39 is 35.6 Å². The van der Waals surface area contributed by atoms with Gasteiger partial charge in [-0.2, -0.15) is 18.3 Å². The standard InChI is InChI=1S/C23H19F4N5O3/c1-12(24)21(34)30-8-15(9-30)32-20-17(22(35)31-10-16(33)11-31)6-7-28-19(20)18(29-32)13-2-4-14(5-3-13)23(25,26)27/h2-7,15-16,33H,1,8-11H2. The molecule has 0 saturated carbocycles. The number of aliphatic hydroxyl groups excluding tert-OH is 1. The number of alkyl halides is 3. The number of carbonyl (C=O) groups is 2. The first-order valence-electron chi connectivity index (χ1n) is 10.7. The van der Waals surface area contributed by atoms with Crippen LogP contribution in [0, 0.1) is 0 Å². The van der Waals surface area contributed by atoms with Crippen LogP contribution in [-0.4, -0.2) is 73.8 Å². The summed E-state index contributed by atoms with van der Waals surface area (Å²) < 4.78 is 53.8. The summed E-state index contributed by atoms with van der Waals surface area (Å²) in [5.41, 5.74) is 0.729. The molecule has 5 rings (SSSR count). The van der Waals surface area contributed by atoms with Crippen molar-refractivity contribution in [3.8, 4) is 11.3 Å². The molecular weight excluding hydrogens is 470 g/mol. The third kappa shape index (κ3) is 3.93. The van der Waals surface area contributed by atoms with E-state index in [2.05, 4.69) is 16.7 Å². The smallest absolute Gasteiger partial charge is 0.389 e. The second-order valence-electron chi connectivity index (χ2n) is 8.56. The molecule has 2 aromatic heterocycles. The van der Waals surface area contributed by atoms with E-state index >= 15 is 0 Å². The summed E-state index contributed by atoms with van der Waals surface area (Å²) in [6.45, 7) is 3.57. The van der Waals surface area contributed by atoms with Gasteiger partial charge in [-0.05, 0) is 18.2 Å². The van der Waals surface area contributed by atoms with Crippen LogP contribution in [0.1, 0.15) is 22.0 Å². The van der Waals surface area contributed by atoms with Crippen molar-refractivity contribution in [1.29, 1.82) is 0 Å². The van der Waals surface area contributed by atoms with Crippen LogP contribution in [0.3, 0.4) is 0 Å². The number of pyridine rings is 1. The number of hydrogen-bond acceptors (Lipinski definition) is 5. The summed E-state index contributed by atoms with van der Waals surface area (Å²) >= 11 is 0. The Morgan fingerprint density at radius 1 is 1.03 bits per heavy atom. The minimum atomic E-state index is -4.50. The van der Waals surface area contributed by atoms with Crippen molar-refractivity contribution in [2.75, 3.05) is 26.2 Å². The van der Waals surface area contributed by atoms with Crippen LogP contribution in [-0.2, 0) is 11.0 Å². The van der Waals surface area contributed by atoms with Crippen LogP contribution in [0.25, 0.3) is 22.3 Å². The SMILES string of the molecule is C=C(F)C(=O)N1CC(n2nc(-c3ccc(C(F)(F)F)cc3)c3nccc(C(=O)N4CC(O)C4)c32)C1. The fourth-order valence-electron chi connectivity index (χ4n) is 4.25. The van der Waals surface area contributed by atoms with Crippen molar-refractivity contribution in [2.24, 2.45) is 0 Å². The molecule has 0 radical (unpaired) electrons. The van der Waals surface area contributed by atoms with Gasteiger partial charge in [-0.3, -0.25) is 19.3 Å². The fourth-order valence-corrected chi connectivity index (χ4v) is 4.25. The summed E-state index contributed by atoms with van der Waals surface area (Å²) in [5, 5.41) is 14.2. The molecule has 1 N–H and O–H groups in total. The van der Waals surface area contributed by atoms with Gasteiger partial charge < -0.3 is 14.9 Å². The van der Waals surface area contributed by atoms with E-state index in [9.17, 15) is 32.3 Å². The third-order valence-electron chi connectivity index (χ3n) is 6.18. The van der Waals surface area contributed by atoms with E-state index in [4.69, 9.17) is 0 Å². The van der Waals surface area contributed by atoms with Gasteiger partial charge in [0.05, 0.1) is 23.3 Å². The number of rotatable bonds is 4. The molecule has 4 heterocycles. The molecule has 0 spiro atoms. The lowest BCUT2D eigenvalue weighted by Crippen LogP contribution is -2.53. The Bertz CT molecular complexity index is 1340. The second-order valence-corrected chi connectivity index (χ2v) is 8.56. The minimum absolute atomic E-state index is 0.107. The molecule has 2 saturated heterocycles. The van der Waals surface area contributed by atoms with E-state index in [1.807, 2.05) is 0 Å². The number of nitrogens with zero attached hydrogens (tertiary/aromatic N) is 5. The number of benzene rings is 1. The number of β-amino-alcohol motifs (C(OH)–C–C–N with tert-alkyl or cyclic N) is 1. The maximum atomic E-state index is 13.3. The van der Waals surface area contributed by atoms with Gasteiger partial charge in [0, 0.05) is 37.9 Å².